The van der Waals surface area contributed by atoms with Crippen LogP contribution in [0.15, 0.2) is 41.3 Å². The zero-order valence-corrected chi connectivity index (χ0v) is 21.8. The standard InChI is InChI=1S/C25H26F7NO5S/c1-23(2,22(34)35)13-38-19-11-20-18(10-17(19)25(30,31)32)33(16-6-4-15(26)5-7-16)12-14(8-9-24(3,28)29)21(27)39(20,36)37/h4-7,10-11,14,21H,8-9,12-13H2,1-3H3,(H,34,35)/t14-,21-/m1/s1. The summed E-state index contributed by atoms with van der Waals surface area (Å²) in [6.45, 7) is 1.50. The minimum absolute atomic E-state index is 0.0102. The van der Waals surface area contributed by atoms with Gasteiger partial charge in [0.15, 0.2) is 0 Å². The first-order valence-corrected chi connectivity index (χ1v) is 13.2. The molecule has 0 fully saturated rings. The van der Waals surface area contributed by atoms with Gasteiger partial charge in [-0.25, -0.2) is 26.0 Å². The SMILES string of the molecule is CC(F)(F)CC[C@@H]1CN(c2ccc(F)cc2)c2cc(C(F)(F)F)c(OCC(C)(C)C(=O)O)cc2S(=O)(=O)[C@H]1F. The molecule has 3 rings (SSSR count). The van der Waals surface area contributed by atoms with Crippen molar-refractivity contribution in [1.82, 2.24) is 0 Å². The molecule has 2 atom stereocenters. The molecule has 2 aromatic rings. The molecule has 1 heterocycles. The highest BCUT2D eigenvalue weighted by molar-refractivity contribution is 7.92. The maximum absolute atomic E-state index is 15.6. The third-order valence-electron chi connectivity index (χ3n) is 6.31. The molecule has 0 unspecified atom stereocenters. The molecule has 0 aromatic heterocycles. The molecule has 0 bridgehead atoms. The van der Waals surface area contributed by atoms with Crippen LogP contribution >= 0.6 is 0 Å². The number of carboxylic acids is 1. The van der Waals surface area contributed by atoms with Gasteiger partial charge in [-0.3, -0.25) is 4.79 Å². The number of alkyl halides is 6. The van der Waals surface area contributed by atoms with Crippen LogP contribution in [0.3, 0.4) is 0 Å². The lowest BCUT2D eigenvalue weighted by Crippen LogP contribution is -2.32. The Morgan fingerprint density at radius 2 is 1.67 bits per heavy atom. The smallest absolute Gasteiger partial charge is 0.420 e. The van der Waals surface area contributed by atoms with Crippen molar-refractivity contribution in [1.29, 1.82) is 0 Å². The fourth-order valence-corrected chi connectivity index (χ4v) is 5.67. The number of carboxylic acid groups (broad SMARTS) is 1. The summed E-state index contributed by atoms with van der Waals surface area (Å²) >= 11 is 0. The van der Waals surface area contributed by atoms with Crippen LogP contribution in [-0.4, -0.2) is 44.1 Å². The lowest BCUT2D eigenvalue weighted by atomic mass is 9.95. The van der Waals surface area contributed by atoms with Gasteiger partial charge >= 0.3 is 12.1 Å². The average molecular weight is 586 g/mol. The summed E-state index contributed by atoms with van der Waals surface area (Å²) in [4.78, 5) is 11.5. The Labute approximate surface area is 220 Å². The number of halogens is 7. The van der Waals surface area contributed by atoms with Crippen LogP contribution in [-0.2, 0) is 20.8 Å². The van der Waals surface area contributed by atoms with E-state index < -0.39 is 98.4 Å². The molecule has 1 N–H and O–H groups in total. The first-order valence-electron chi connectivity index (χ1n) is 11.6. The summed E-state index contributed by atoms with van der Waals surface area (Å²) in [5.74, 6) is -8.04. The topological polar surface area (TPSA) is 83.9 Å². The number of hydrogen-bond donors (Lipinski definition) is 1. The number of sulfone groups is 1. The highest BCUT2D eigenvalue weighted by atomic mass is 32.2. The van der Waals surface area contributed by atoms with Crippen LogP contribution in [0, 0.1) is 17.2 Å². The second-order valence-electron chi connectivity index (χ2n) is 10.1. The highest BCUT2D eigenvalue weighted by Gasteiger charge is 2.45. The van der Waals surface area contributed by atoms with Gasteiger partial charge in [0.1, 0.15) is 18.2 Å². The number of anilines is 2. The third-order valence-corrected chi connectivity index (χ3v) is 8.23. The van der Waals surface area contributed by atoms with Gasteiger partial charge in [0, 0.05) is 30.6 Å². The van der Waals surface area contributed by atoms with E-state index in [1.807, 2.05) is 0 Å². The van der Waals surface area contributed by atoms with Gasteiger partial charge in [0.05, 0.1) is 21.6 Å². The second kappa shape index (κ2) is 10.5. The Hall–Kier alpha value is -3.03. The van der Waals surface area contributed by atoms with Crippen LogP contribution < -0.4 is 9.64 Å². The Bertz CT molecular complexity index is 1320. The summed E-state index contributed by atoms with van der Waals surface area (Å²) < 4.78 is 130. The van der Waals surface area contributed by atoms with Crippen molar-refractivity contribution in [3.63, 3.8) is 0 Å². The molecule has 0 radical (unpaired) electrons. The Morgan fingerprint density at radius 3 is 2.18 bits per heavy atom. The Kier molecular flexibility index (Phi) is 8.22. The second-order valence-corrected chi connectivity index (χ2v) is 12.1. The molecular weight excluding hydrogens is 559 g/mol. The van der Waals surface area contributed by atoms with Crippen LogP contribution in [0.1, 0.15) is 39.2 Å². The van der Waals surface area contributed by atoms with E-state index >= 15 is 4.39 Å². The van der Waals surface area contributed by atoms with Gasteiger partial charge in [-0.05, 0) is 57.5 Å². The third kappa shape index (κ3) is 6.76. The van der Waals surface area contributed by atoms with Gasteiger partial charge < -0.3 is 14.7 Å². The molecule has 6 nitrogen and oxygen atoms in total. The van der Waals surface area contributed by atoms with Crippen LogP contribution in [0.25, 0.3) is 0 Å². The average Bonchev–Trinajstić information content (AvgIpc) is 2.88. The van der Waals surface area contributed by atoms with Crippen molar-refractivity contribution in [2.45, 2.75) is 56.1 Å². The normalized spacial score (nSPS) is 19.8. The largest absolute Gasteiger partial charge is 0.492 e. The van der Waals surface area contributed by atoms with Crippen molar-refractivity contribution < 1.29 is 53.8 Å². The lowest BCUT2D eigenvalue weighted by molar-refractivity contribution is -0.148. The summed E-state index contributed by atoms with van der Waals surface area (Å²) in [6, 6.07) is 5.04. The molecule has 39 heavy (non-hydrogen) atoms. The lowest BCUT2D eigenvalue weighted by Gasteiger charge is -2.29. The van der Waals surface area contributed by atoms with Gasteiger partial charge in [0.25, 0.3) is 0 Å². The maximum atomic E-state index is 15.6. The Balaban J connectivity index is 2.26. The Morgan fingerprint density at radius 1 is 1.08 bits per heavy atom. The minimum atomic E-state index is -5.12. The van der Waals surface area contributed by atoms with Crippen LogP contribution in [0.5, 0.6) is 5.75 Å². The van der Waals surface area contributed by atoms with Crippen molar-refractivity contribution in [2.24, 2.45) is 11.3 Å². The zero-order valence-electron chi connectivity index (χ0n) is 21.0. The number of aliphatic carboxylic acids is 1. The van der Waals surface area contributed by atoms with Crippen molar-refractivity contribution >= 4 is 27.2 Å². The predicted octanol–water partition coefficient (Wildman–Crippen LogP) is 6.61. The number of rotatable bonds is 8. The van der Waals surface area contributed by atoms with E-state index in [1.54, 1.807) is 0 Å². The molecule has 0 saturated heterocycles. The first kappa shape index (κ1) is 30.5. The van der Waals surface area contributed by atoms with Crippen LogP contribution in [0.4, 0.5) is 42.1 Å². The fourth-order valence-electron chi connectivity index (χ4n) is 3.97. The molecule has 1 aliphatic rings. The molecule has 1 aliphatic heterocycles. The minimum Gasteiger partial charge on any atom is -0.492 e. The van der Waals surface area contributed by atoms with Crippen molar-refractivity contribution in [2.75, 3.05) is 18.1 Å². The van der Waals surface area contributed by atoms with Gasteiger partial charge in [-0.15, -0.1) is 0 Å². The van der Waals surface area contributed by atoms with E-state index in [9.17, 15) is 44.7 Å². The van der Waals surface area contributed by atoms with E-state index in [0.29, 0.717) is 19.1 Å². The number of benzene rings is 2. The maximum Gasteiger partial charge on any atom is 0.420 e. The predicted molar refractivity (Wildman–Crippen MR) is 127 cm³/mol. The first-order chi connectivity index (χ1) is 17.7. The van der Waals surface area contributed by atoms with E-state index in [0.717, 1.165) is 29.2 Å². The highest BCUT2D eigenvalue weighted by Crippen LogP contribution is 2.47. The molecule has 0 aliphatic carbocycles. The van der Waals surface area contributed by atoms with Gasteiger partial charge in [-0.2, -0.15) is 13.2 Å². The fraction of sp³-hybridized carbons (Fsp3) is 0.480. The molecule has 216 valence electrons. The monoisotopic (exact) mass is 585 g/mol. The van der Waals surface area contributed by atoms with E-state index in [2.05, 4.69) is 0 Å². The molecule has 0 amide bonds. The molecular formula is C25H26F7NO5S. The summed E-state index contributed by atoms with van der Waals surface area (Å²) in [7, 11) is -5.07. The molecule has 0 saturated carbocycles. The van der Waals surface area contributed by atoms with Gasteiger partial charge in [0.2, 0.25) is 21.3 Å². The summed E-state index contributed by atoms with van der Waals surface area (Å²) in [6.07, 6.45) is -6.65. The number of hydrogen-bond acceptors (Lipinski definition) is 5. The number of ether oxygens (including phenoxy) is 1. The molecule has 2 aromatic carbocycles. The van der Waals surface area contributed by atoms with Crippen LogP contribution in [0.2, 0.25) is 0 Å². The van der Waals surface area contributed by atoms with Crippen molar-refractivity contribution in [3.8, 4) is 5.75 Å². The number of carbonyl (C=O) groups is 1. The quantitative estimate of drug-likeness (QED) is 0.351. The summed E-state index contributed by atoms with van der Waals surface area (Å²) in [5, 5.41) is 9.28. The van der Waals surface area contributed by atoms with E-state index in [1.165, 1.54) is 13.8 Å². The zero-order chi connectivity index (χ0) is 29.6. The van der Waals surface area contributed by atoms with E-state index in [-0.39, 0.29) is 5.69 Å². The molecule has 0 spiro atoms. The summed E-state index contributed by atoms with van der Waals surface area (Å²) in [5.41, 5.74) is -6.55. The van der Waals surface area contributed by atoms with Gasteiger partial charge in [-0.1, -0.05) is 0 Å². The van der Waals surface area contributed by atoms with Crippen molar-refractivity contribution in [3.05, 3.63) is 47.8 Å². The number of fused-ring (bicyclic) bond motifs is 1. The van der Waals surface area contributed by atoms with E-state index in [4.69, 9.17) is 4.74 Å². The number of nitrogens with zero attached hydrogens (tertiary/aromatic N) is 1. The molecule has 14 heteroatoms.